The third-order valence-corrected chi connectivity index (χ3v) is 3.91. The fourth-order valence-corrected chi connectivity index (χ4v) is 2.52. The zero-order chi connectivity index (χ0) is 13.6. The quantitative estimate of drug-likeness (QED) is 0.760. The molecule has 0 aliphatic carbocycles. The highest BCUT2D eigenvalue weighted by Crippen LogP contribution is 2.31. The van der Waals surface area contributed by atoms with Crippen LogP contribution in [0.15, 0.2) is 0 Å². The SMILES string of the molecule is CCCC1(C(=O)NCC(C)(C)OC)CCCNC1. The summed E-state index contributed by atoms with van der Waals surface area (Å²) in [6.45, 7) is 8.51. The molecule has 1 saturated heterocycles. The Kier molecular flexibility index (Phi) is 5.60. The van der Waals surface area contributed by atoms with Gasteiger partial charge in [-0.25, -0.2) is 0 Å². The summed E-state index contributed by atoms with van der Waals surface area (Å²) in [6, 6.07) is 0. The molecule has 1 heterocycles. The number of hydrogen-bond acceptors (Lipinski definition) is 3. The lowest BCUT2D eigenvalue weighted by Crippen LogP contribution is -2.52. The Morgan fingerprint density at radius 2 is 2.22 bits per heavy atom. The van der Waals surface area contributed by atoms with Crippen molar-refractivity contribution in [1.29, 1.82) is 0 Å². The molecule has 0 bridgehead atoms. The van der Waals surface area contributed by atoms with Crippen LogP contribution in [0, 0.1) is 5.41 Å². The molecular weight excluding hydrogens is 228 g/mol. The van der Waals surface area contributed by atoms with E-state index in [1.807, 2.05) is 13.8 Å². The van der Waals surface area contributed by atoms with Gasteiger partial charge in [-0.3, -0.25) is 4.79 Å². The van der Waals surface area contributed by atoms with Crippen molar-refractivity contribution in [3.05, 3.63) is 0 Å². The lowest BCUT2D eigenvalue weighted by atomic mass is 9.76. The second-order valence-corrected chi connectivity index (χ2v) is 5.96. The maximum Gasteiger partial charge on any atom is 0.227 e. The van der Waals surface area contributed by atoms with Crippen LogP contribution in [0.3, 0.4) is 0 Å². The summed E-state index contributed by atoms with van der Waals surface area (Å²) in [5.74, 6) is 0.182. The summed E-state index contributed by atoms with van der Waals surface area (Å²) in [5, 5.41) is 6.43. The van der Waals surface area contributed by atoms with Crippen molar-refractivity contribution in [3.8, 4) is 0 Å². The van der Waals surface area contributed by atoms with Crippen molar-refractivity contribution in [3.63, 3.8) is 0 Å². The largest absolute Gasteiger partial charge is 0.377 e. The lowest BCUT2D eigenvalue weighted by molar-refractivity contribution is -0.134. The van der Waals surface area contributed by atoms with E-state index in [0.29, 0.717) is 6.54 Å². The summed E-state index contributed by atoms with van der Waals surface area (Å²) in [7, 11) is 1.68. The van der Waals surface area contributed by atoms with E-state index in [4.69, 9.17) is 4.74 Å². The maximum absolute atomic E-state index is 12.5. The van der Waals surface area contributed by atoms with E-state index in [0.717, 1.165) is 38.8 Å². The molecule has 0 saturated carbocycles. The fourth-order valence-electron chi connectivity index (χ4n) is 2.52. The molecule has 1 unspecified atom stereocenters. The molecule has 0 aromatic carbocycles. The molecule has 1 aliphatic heterocycles. The van der Waals surface area contributed by atoms with E-state index in [2.05, 4.69) is 17.6 Å². The Morgan fingerprint density at radius 1 is 1.50 bits per heavy atom. The van der Waals surface area contributed by atoms with E-state index < -0.39 is 0 Å². The molecule has 4 nitrogen and oxygen atoms in total. The Morgan fingerprint density at radius 3 is 2.72 bits per heavy atom. The molecule has 1 fully saturated rings. The molecule has 0 radical (unpaired) electrons. The van der Waals surface area contributed by atoms with E-state index in [-0.39, 0.29) is 16.9 Å². The zero-order valence-corrected chi connectivity index (χ0v) is 12.3. The van der Waals surface area contributed by atoms with E-state index in [1.54, 1.807) is 7.11 Å². The minimum absolute atomic E-state index is 0.182. The average Bonchev–Trinajstić information content (AvgIpc) is 2.37. The van der Waals surface area contributed by atoms with Crippen LogP contribution in [0.2, 0.25) is 0 Å². The van der Waals surface area contributed by atoms with Crippen LogP contribution in [0.1, 0.15) is 46.5 Å². The van der Waals surface area contributed by atoms with Gasteiger partial charge in [0, 0.05) is 20.2 Å². The van der Waals surface area contributed by atoms with Crippen molar-refractivity contribution < 1.29 is 9.53 Å². The maximum atomic E-state index is 12.5. The number of piperidine rings is 1. The van der Waals surface area contributed by atoms with Crippen molar-refractivity contribution in [2.24, 2.45) is 5.41 Å². The van der Waals surface area contributed by atoms with Crippen LogP contribution in [0.25, 0.3) is 0 Å². The fraction of sp³-hybridized carbons (Fsp3) is 0.929. The van der Waals surface area contributed by atoms with Crippen LogP contribution in [-0.4, -0.2) is 38.3 Å². The number of carbonyl (C=O) groups is 1. The molecule has 18 heavy (non-hydrogen) atoms. The van der Waals surface area contributed by atoms with Crippen molar-refractivity contribution in [1.82, 2.24) is 10.6 Å². The normalized spacial score (nSPS) is 24.9. The van der Waals surface area contributed by atoms with Crippen molar-refractivity contribution in [2.75, 3.05) is 26.7 Å². The first-order chi connectivity index (χ1) is 8.46. The minimum Gasteiger partial charge on any atom is -0.377 e. The average molecular weight is 256 g/mol. The van der Waals surface area contributed by atoms with Gasteiger partial charge >= 0.3 is 0 Å². The van der Waals surface area contributed by atoms with Gasteiger partial charge in [-0.15, -0.1) is 0 Å². The first-order valence-corrected chi connectivity index (χ1v) is 7.00. The molecule has 106 valence electrons. The molecule has 0 spiro atoms. The lowest BCUT2D eigenvalue weighted by Gasteiger charge is -2.37. The zero-order valence-electron chi connectivity index (χ0n) is 12.3. The number of hydrogen-bond donors (Lipinski definition) is 2. The van der Waals surface area contributed by atoms with E-state index in [1.165, 1.54) is 0 Å². The molecule has 0 aromatic heterocycles. The molecule has 2 N–H and O–H groups in total. The van der Waals surface area contributed by atoms with Gasteiger partial charge < -0.3 is 15.4 Å². The Labute approximate surface area is 111 Å². The van der Waals surface area contributed by atoms with Crippen LogP contribution in [0.5, 0.6) is 0 Å². The van der Waals surface area contributed by atoms with Gasteiger partial charge in [0.15, 0.2) is 0 Å². The first-order valence-electron chi connectivity index (χ1n) is 7.00. The number of amides is 1. The summed E-state index contributed by atoms with van der Waals surface area (Å²) >= 11 is 0. The predicted molar refractivity (Wildman–Crippen MR) is 73.5 cm³/mol. The third-order valence-electron chi connectivity index (χ3n) is 3.91. The Bertz CT molecular complexity index is 265. The first kappa shape index (κ1) is 15.4. The monoisotopic (exact) mass is 256 g/mol. The molecular formula is C14H28N2O2. The van der Waals surface area contributed by atoms with Crippen molar-refractivity contribution in [2.45, 2.75) is 52.1 Å². The number of nitrogens with one attached hydrogen (secondary N) is 2. The third kappa shape index (κ3) is 3.95. The predicted octanol–water partition coefficient (Wildman–Crippen LogP) is 1.70. The highest BCUT2D eigenvalue weighted by atomic mass is 16.5. The van der Waals surface area contributed by atoms with Gasteiger partial charge in [0.25, 0.3) is 0 Å². The van der Waals surface area contributed by atoms with Gasteiger partial charge in [-0.05, 0) is 39.7 Å². The second-order valence-electron chi connectivity index (χ2n) is 5.96. The van der Waals surface area contributed by atoms with E-state index in [9.17, 15) is 4.79 Å². The highest BCUT2D eigenvalue weighted by molar-refractivity contribution is 5.83. The van der Waals surface area contributed by atoms with Gasteiger partial charge in [0.05, 0.1) is 11.0 Å². The number of ether oxygens (including phenoxy) is 1. The van der Waals surface area contributed by atoms with Gasteiger partial charge in [0.2, 0.25) is 5.91 Å². The molecule has 1 aliphatic rings. The highest BCUT2D eigenvalue weighted by Gasteiger charge is 2.38. The van der Waals surface area contributed by atoms with Crippen molar-refractivity contribution >= 4 is 5.91 Å². The standard InChI is InChI=1S/C14H28N2O2/c1-5-7-14(8-6-9-15-11-14)12(17)16-10-13(2,3)18-4/h15H,5-11H2,1-4H3,(H,16,17). The van der Waals surface area contributed by atoms with E-state index >= 15 is 0 Å². The van der Waals surface area contributed by atoms with Gasteiger partial charge in [-0.1, -0.05) is 13.3 Å². The van der Waals surface area contributed by atoms with Crippen LogP contribution < -0.4 is 10.6 Å². The van der Waals surface area contributed by atoms with Gasteiger partial charge in [0.1, 0.15) is 0 Å². The Hall–Kier alpha value is -0.610. The summed E-state index contributed by atoms with van der Waals surface area (Å²) < 4.78 is 5.34. The molecule has 1 rings (SSSR count). The number of methoxy groups -OCH3 is 1. The molecule has 0 aromatic rings. The number of rotatable bonds is 6. The summed E-state index contributed by atoms with van der Waals surface area (Å²) in [5.41, 5.74) is -0.512. The van der Waals surface area contributed by atoms with Crippen LogP contribution in [0.4, 0.5) is 0 Å². The minimum atomic E-state index is -0.300. The van der Waals surface area contributed by atoms with Gasteiger partial charge in [-0.2, -0.15) is 0 Å². The topological polar surface area (TPSA) is 50.4 Å². The summed E-state index contributed by atoms with van der Waals surface area (Å²) in [4.78, 5) is 12.5. The second kappa shape index (κ2) is 6.53. The molecule has 1 amide bonds. The smallest absolute Gasteiger partial charge is 0.227 e. The Balaban J connectivity index is 2.60. The van der Waals surface area contributed by atoms with Crippen LogP contribution in [-0.2, 0) is 9.53 Å². The number of carbonyl (C=O) groups excluding carboxylic acids is 1. The summed E-state index contributed by atoms with van der Waals surface area (Å²) in [6.07, 6.45) is 4.08. The molecule has 4 heteroatoms. The molecule has 1 atom stereocenters. The van der Waals surface area contributed by atoms with Crippen LogP contribution >= 0.6 is 0 Å².